The van der Waals surface area contributed by atoms with E-state index >= 15 is 0 Å². The molecule has 0 aromatic carbocycles. The number of hydrogen-bond acceptors (Lipinski definition) is 3. The number of carbonyl (C=O) groups excluding carboxylic acids is 1. The van der Waals surface area contributed by atoms with Crippen molar-refractivity contribution in [2.45, 2.75) is 59.4 Å². The van der Waals surface area contributed by atoms with Gasteiger partial charge in [0.15, 0.2) is 5.96 Å². The molecule has 0 aromatic rings. The zero-order chi connectivity index (χ0) is 18.0. The minimum Gasteiger partial charge on any atom is -0.357 e. The van der Waals surface area contributed by atoms with Crippen LogP contribution in [0, 0.1) is 5.92 Å². The molecule has 1 amide bonds. The van der Waals surface area contributed by atoms with Crippen LogP contribution in [0.2, 0.25) is 0 Å². The van der Waals surface area contributed by atoms with Crippen LogP contribution in [0.3, 0.4) is 0 Å². The molecular weight excluding hydrogens is 302 g/mol. The van der Waals surface area contributed by atoms with E-state index in [4.69, 9.17) is 4.99 Å². The first-order chi connectivity index (χ1) is 11.4. The van der Waals surface area contributed by atoms with Crippen LogP contribution >= 0.6 is 0 Å². The van der Waals surface area contributed by atoms with Gasteiger partial charge < -0.3 is 16.0 Å². The molecule has 140 valence electrons. The Kier molecular flexibility index (Phi) is 9.11. The largest absolute Gasteiger partial charge is 0.357 e. The lowest BCUT2D eigenvalue weighted by molar-refractivity contribution is -0.123. The van der Waals surface area contributed by atoms with Crippen molar-refractivity contribution in [2.24, 2.45) is 10.9 Å². The highest BCUT2D eigenvalue weighted by Gasteiger charge is 2.27. The third-order valence-corrected chi connectivity index (χ3v) is 4.42. The minimum absolute atomic E-state index is 0.0252. The predicted octanol–water partition coefficient (Wildman–Crippen LogP) is 1.58. The lowest BCUT2D eigenvalue weighted by Gasteiger charge is -2.40. The fourth-order valence-electron chi connectivity index (χ4n) is 2.78. The summed E-state index contributed by atoms with van der Waals surface area (Å²) in [4.78, 5) is 18.9. The highest BCUT2D eigenvalue weighted by Crippen LogP contribution is 2.20. The Morgan fingerprint density at radius 3 is 2.29 bits per heavy atom. The van der Waals surface area contributed by atoms with Gasteiger partial charge >= 0.3 is 0 Å². The van der Waals surface area contributed by atoms with Gasteiger partial charge in [0, 0.05) is 31.1 Å². The fraction of sp³-hybridized carbons (Fsp3) is 0.889. The van der Waals surface area contributed by atoms with E-state index in [1.807, 2.05) is 13.8 Å². The number of nitrogens with zero attached hydrogens (tertiary/aromatic N) is 2. The SMILES string of the molecule is CCNC(=NCC(C)(C)N1CCCCC1)NCCNC(=O)C(C)C. The molecule has 0 spiro atoms. The third-order valence-electron chi connectivity index (χ3n) is 4.42. The molecule has 0 atom stereocenters. The molecular formula is C18H37N5O. The number of likely N-dealkylation sites (tertiary alicyclic amines) is 1. The highest BCUT2D eigenvalue weighted by atomic mass is 16.1. The van der Waals surface area contributed by atoms with Gasteiger partial charge in [-0.3, -0.25) is 14.7 Å². The standard InChI is InChI=1S/C18H37N5O/c1-6-19-17(21-11-10-20-16(24)15(2)3)22-14-18(4,5)23-12-8-7-9-13-23/h15H,6-14H2,1-5H3,(H,20,24)(H2,19,21,22). The van der Waals surface area contributed by atoms with Crippen molar-refractivity contribution in [1.82, 2.24) is 20.9 Å². The third kappa shape index (κ3) is 7.51. The monoisotopic (exact) mass is 339 g/mol. The summed E-state index contributed by atoms with van der Waals surface area (Å²) in [6.07, 6.45) is 3.93. The molecule has 1 aliphatic rings. The molecule has 0 aromatic heterocycles. The van der Waals surface area contributed by atoms with E-state index in [0.29, 0.717) is 13.1 Å². The summed E-state index contributed by atoms with van der Waals surface area (Å²) in [7, 11) is 0. The van der Waals surface area contributed by atoms with Gasteiger partial charge in [-0.05, 0) is 46.7 Å². The number of guanidine groups is 1. The molecule has 0 radical (unpaired) electrons. The summed E-state index contributed by atoms with van der Waals surface area (Å²) >= 11 is 0. The molecule has 1 heterocycles. The predicted molar refractivity (Wildman–Crippen MR) is 101 cm³/mol. The number of nitrogens with one attached hydrogen (secondary N) is 3. The Morgan fingerprint density at radius 2 is 1.71 bits per heavy atom. The molecule has 0 unspecified atom stereocenters. The maximum Gasteiger partial charge on any atom is 0.222 e. The molecule has 1 saturated heterocycles. The van der Waals surface area contributed by atoms with E-state index < -0.39 is 0 Å². The molecule has 6 nitrogen and oxygen atoms in total. The number of aliphatic imine (C=N–C) groups is 1. The maximum atomic E-state index is 11.6. The summed E-state index contributed by atoms with van der Waals surface area (Å²) in [5.41, 5.74) is 0.0780. The smallest absolute Gasteiger partial charge is 0.222 e. The summed E-state index contributed by atoms with van der Waals surface area (Å²) in [6.45, 7) is 15.6. The van der Waals surface area contributed by atoms with Crippen molar-refractivity contribution in [3.8, 4) is 0 Å². The molecule has 1 fully saturated rings. The Balaban J connectivity index is 2.44. The minimum atomic E-state index is 0.0252. The van der Waals surface area contributed by atoms with Gasteiger partial charge in [-0.1, -0.05) is 20.3 Å². The molecule has 3 N–H and O–H groups in total. The Hall–Kier alpha value is -1.30. The van der Waals surface area contributed by atoms with Crippen LogP contribution in [0.15, 0.2) is 4.99 Å². The van der Waals surface area contributed by atoms with Gasteiger partial charge in [0.25, 0.3) is 0 Å². The van der Waals surface area contributed by atoms with E-state index in [1.165, 1.54) is 32.4 Å². The summed E-state index contributed by atoms with van der Waals surface area (Å²) < 4.78 is 0. The second kappa shape index (κ2) is 10.5. The average Bonchev–Trinajstić information content (AvgIpc) is 2.56. The van der Waals surface area contributed by atoms with Crippen molar-refractivity contribution in [1.29, 1.82) is 0 Å². The zero-order valence-corrected chi connectivity index (χ0v) is 16.2. The summed E-state index contributed by atoms with van der Waals surface area (Å²) in [5.74, 6) is 0.934. The first-order valence-corrected chi connectivity index (χ1v) is 9.41. The molecule has 0 aliphatic carbocycles. The fourth-order valence-corrected chi connectivity index (χ4v) is 2.78. The van der Waals surface area contributed by atoms with E-state index in [2.05, 4.69) is 41.6 Å². The number of hydrogen-bond donors (Lipinski definition) is 3. The van der Waals surface area contributed by atoms with Crippen LogP contribution in [-0.4, -0.2) is 61.6 Å². The van der Waals surface area contributed by atoms with Gasteiger partial charge in [0.1, 0.15) is 0 Å². The van der Waals surface area contributed by atoms with Crippen molar-refractivity contribution >= 4 is 11.9 Å². The van der Waals surface area contributed by atoms with Gasteiger partial charge in [-0.25, -0.2) is 0 Å². The summed E-state index contributed by atoms with van der Waals surface area (Å²) in [5, 5.41) is 9.48. The van der Waals surface area contributed by atoms with Crippen molar-refractivity contribution in [3.63, 3.8) is 0 Å². The van der Waals surface area contributed by atoms with E-state index in [-0.39, 0.29) is 17.4 Å². The first-order valence-electron chi connectivity index (χ1n) is 9.41. The van der Waals surface area contributed by atoms with Crippen LogP contribution in [0.1, 0.15) is 53.9 Å². The second-order valence-corrected chi connectivity index (χ2v) is 7.43. The molecule has 6 heteroatoms. The van der Waals surface area contributed by atoms with Gasteiger partial charge in [0.2, 0.25) is 5.91 Å². The molecule has 0 saturated carbocycles. The molecule has 1 aliphatic heterocycles. The first kappa shape index (κ1) is 20.7. The zero-order valence-electron chi connectivity index (χ0n) is 16.2. The lowest BCUT2D eigenvalue weighted by atomic mass is 9.99. The van der Waals surface area contributed by atoms with Gasteiger partial charge in [0.05, 0.1) is 6.54 Å². The normalized spacial score (nSPS) is 17.0. The number of piperidine rings is 1. The van der Waals surface area contributed by atoms with Crippen LogP contribution in [0.5, 0.6) is 0 Å². The van der Waals surface area contributed by atoms with E-state index in [1.54, 1.807) is 0 Å². The number of rotatable bonds is 8. The Labute approximate surface area is 147 Å². The highest BCUT2D eigenvalue weighted by molar-refractivity contribution is 5.80. The molecule has 1 rings (SSSR count). The van der Waals surface area contributed by atoms with Crippen molar-refractivity contribution in [3.05, 3.63) is 0 Å². The van der Waals surface area contributed by atoms with E-state index in [9.17, 15) is 4.79 Å². The molecule has 0 bridgehead atoms. The van der Waals surface area contributed by atoms with Crippen LogP contribution in [-0.2, 0) is 4.79 Å². The Morgan fingerprint density at radius 1 is 1.08 bits per heavy atom. The number of carbonyl (C=O) groups is 1. The average molecular weight is 340 g/mol. The topological polar surface area (TPSA) is 68.8 Å². The Bertz CT molecular complexity index is 400. The number of amides is 1. The van der Waals surface area contributed by atoms with Crippen molar-refractivity contribution < 1.29 is 4.79 Å². The molecule has 24 heavy (non-hydrogen) atoms. The lowest BCUT2D eigenvalue weighted by Crippen LogP contribution is -2.50. The van der Waals surface area contributed by atoms with Gasteiger partial charge in [-0.15, -0.1) is 0 Å². The van der Waals surface area contributed by atoms with Crippen LogP contribution in [0.4, 0.5) is 0 Å². The quantitative estimate of drug-likeness (QED) is 0.357. The van der Waals surface area contributed by atoms with E-state index in [0.717, 1.165) is 19.0 Å². The summed E-state index contributed by atoms with van der Waals surface area (Å²) in [6, 6.07) is 0. The van der Waals surface area contributed by atoms with Crippen LogP contribution < -0.4 is 16.0 Å². The van der Waals surface area contributed by atoms with Crippen LogP contribution in [0.25, 0.3) is 0 Å². The van der Waals surface area contributed by atoms with Gasteiger partial charge in [-0.2, -0.15) is 0 Å². The van der Waals surface area contributed by atoms with Crippen molar-refractivity contribution in [2.75, 3.05) is 39.3 Å². The maximum absolute atomic E-state index is 11.6. The second-order valence-electron chi connectivity index (χ2n) is 7.43.